The molecule has 0 rings (SSSR count). The number of methoxy groups -OCH3 is 1. The van der Waals surface area contributed by atoms with Crippen LogP contribution in [0.15, 0.2) is 0 Å². The van der Waals surface area contributed by atoms with E-state index in [2.05, 4.69) is 6.92 Å². The van der Waals surface area contributed by atoms with Gasteiger partial charge in [0.05, 0.1) is 6.10 Å². The molecule has 0 saturated carbocycles. The van der Waals surface area contributed by atoms with Gasteiger partial charge in [0.2, 0.25) is 0 Å². The van der Waals surface area contributed by atoms with E-state index < -0.39 is 0 Å². The Balaban J connectivity index is 3.87. The fraction of sp³-hybridized carbons (Fsp3) is 1.00. The van der Waals surface area contributed by atoms with E-state index in [9.17, 15) is 0 Å². The van der Waals surface area contributed by atoms with Gasteiger partial charge in [-0.2, -0.15) is 0 Å². The summed E-state index contributed by atoms with van der Waals surface area (Å²) < 4.78 is 10.9. The maximum absolute atomic E-state index is 5.61. The molecule has 0 aromatic carbocycles. The summed E-state index contributed by atoms with van der Waals surface area (Å²) in [5, 5.41) is 0. The van der Waals surface area contributed by atoms with E-state index in [-0.39, 0.29) is 11.9 Å². The third-order valence-electron chi connectivity index (χ3n) is 1.62. The molecule has 0 fully saturated rings. The van der Waals surface area contributed by atoms with Crippen LogP contribution in [0.1, 0.15) is 40.5 Å². The zero-order valence-corrected chi connectivity index (χ0v) is 8.31. The van der Waals surface area contributed by atoms with Crippen LogP contribution in [0.4, 0.5) is 0 Å². The summed E-state index contributed by atoms with van der Waals surface area (Å²) in [4.78, 5) is 0. The van der Waals surface area contributed by atoms with Gasteiger partial charge in [0.25, 0.3) is 0 Å². The number of hydrogen-bond donors (Lipinski definition) is 0. The summed E-state index contributed by atoms with van der Waals surface area (Å²) in [6.07, 6.45) is 2.25. The molecular weight excluding hydrogens is 140 g/mol. The minimum atomic E-state index is -0.386. The molecule has 1 unspecified atom stereocenters. The van der Waals surface area contributed by atoms with Gasteiger partial charge < -0.3 is 9.47 Å². The molecule has 11 heavy (non-hydrogen) atoms. The van der Waals surface area contributed by atoms with Gasteiger partial charge in [-0.3, -0.25) is 0 Å². The molecule has 0 radical (unpaired) electrons. The Morgan fingerprint density at radius 3 is 2.18 bits per heavy atom. The van der Waals surface area contributed by atoms with E-state index in [1.807, 2.05) is 20.8 Å². The molecule has 0 spiro atoms. The summed E-state index contributed by atoms with van der Waals surface area (Å²) in [6, 6.07) is 0. The summed E-state index contributed by atoms with van der Waals surface area (Å²) in [5.74, 6) is -0.386. The molecule has 0 saturated heterocycles. The van der Waals surface area contributed by atoms with Crippen LogP contribution >= 0.6 is 0 Å². The highest BCUT2D eigenvalue weighted by Crippen LogP contribution is 2.19. The second-order valence-electron chi connectivity index (χ2n) is 3.25. The smallest absolute Gasteiger partial charge is 0.165 e. The van der Waals surface area contributed by atoms with Crippen LogP contribution in [0.25, 0.3) is 0 Å². The lowest BCUT2D eigenvalue weighted by molar-refractivity contribution is -0.232. The molecule has 0 aliphatic carbocycles. The van der Waals surface area contributed by atoms with Gasteiger partial charge in [-0.25, -0.2) is 0 Å². The van der Waals surface area contributed by atoms with Gasteiger partial charge in [-0.05, 0) is 20.8 Å². The Bertz CT molecular complexity index is 102. The van der Waals surface area contributed by atoms with Crippen molar-refractivity contribution in [2.45, 2.75) is 52.4 Å². The van der Waals surface area contributed by atoms with E-state index in [0.717, 1.165) is 12.8 Å². The topological polar surface area (TPSA) is 18.5 Å². The maximum Gasteiger partial charge on any atom is 0.165 e. The average molecular weight is 160 g/mol. The van der Waals surface area contributed by atoms with Gasteiger partial charge >= 0.3 is 0 Å². The van der Waals surface area contributed by atoms with Crippen molar-refractivity contribution in [2.75, 3.05) is 7.11 Å². The van der Waals surface area contributed by atoms with E-state index in [1.54, 1.807) is 7.11 Å². The Morgan fingerprint density at radius 2 is 1.91 bits per heavy atom. The lowest BCUT2D eigenvalue weighted by Gasteiger charge is -2.29. The first-order valence-electron chi connectivity index (χ1n) is 4.27. The Hall–Kier alpha value is -0.0800. The molecule has 0 amide bonds. The minimum absolute atomic E-state index is 0.228. The molecule has 1 atom stereocenters. The van der Waals surface area contributed by atoms with Crippen LogP contribution in [-0.4, -0.2) is 19.0 Å². The highest BCUT2D eigenvalue weighted by Gasteiger charge is 2.23. The number of ether oxygens (including phenoxy) is 2. The Morgan fingerprint density at radius 1 is 1.36 bits per heavy atom. The molecule has 2 nitrogen and oxygen atoms in total. The third kappa shape index (κ3) is 4.38. The van der Waals surface area contributed by atoms with Crippen molar-refractivity contribution in [3.05, 3.63) is 0 Å². The van der Waals surface area contributed by atoms with Gasteiger partial charge in [-0.1, -0.05) is 13.3 Å². The number of hydrogen-bond acceptors (Lipinski definition) is 2. The highest BCUT2D eigenvalue weighted by molar-refractivity contribution is 4.62. The van der Waals surface area contributed by atoms with Crippen LogP contribution < -0.4 is 0 Å². The standard InChI is InChI=1S/C9H20O2/c1-6-7-9(4,10-5)11-8(2)3/h8H,6-7H2,1-5H3. The third-order valence-corrected chi connectivity index (χ3v) is 1.62. The van der Waals surface area contributed by atoms with Crippen molar-refractivity contribution < 1.29 is 9.47 Å². The predicted molar refractivity (Wildman–Crippen MR) is 46.5 cm³/mol. The van der Waals surface area contributed by atoms with Crippen LogP contribution in [0.3, 0.4) is 0 Å². The zero-order chi connectivity index (χ0) is 8.91. The van der Waals surface area contributed by atoms with Crippen molar-refractivity contribution >= 4 is 0 Å². The van der Waals surface area contributed by atoms with Crippen molar-refractivity contribution in [2.24, 2.45) is 0 Å². The summed E-state index contributed by atoms with van der Waals surface area (Å²) in [6.45, 7) is 8.15. The van der Waals surface area contributed by atoms with Gasteiger partial charge in [0, 0.05) is 13.5 Å². The molecule has 0 aliphatic heterocycles. The fourth-order valence-corrected chi connectivity index (χ4v) is 1.16. The van der Waals surface area contributed by atoms with Crippen molar-refractivity contribution in [1.29, 1.82) is 0 Å². The molecule has 68 valence electrons. The largest absolute Gasteiger partial charge is 0.353 e. The van der Waals surface area contributed by atoms with Gasteiger partial charge in [0.15, 0.2) is 5.79 Å². The highest BCUT2D eigenvalue weighted by atomic mass is 16.7. The van der Waals surface area contributed by atoms with Crippen LogP contribution in [0.5, 0.6) is 0 Å². The van der Waals surface area contributed by atoms with E-state index in [4.69, 9.17) is 9.47 Å². The quantitative estimate of drug-likeness (QED) is 0.575. The molecular formula is C9H20O2. The van der Waals surface area contributed by atoms with Gasteiger partial charge in [-0.15, -0.1) is 0 Å². The maximum atomic E-state index is 5.61. The molecule has 0 N–H and O–H groups in total. The molecule has 0 aliphatic rings. The average Bonchev–Trinajstić information content (AvgIpc) is 1.87. The van der Waals surface area contributed by atoms with Crippen molar-refractivity contribution in [3.8, 4) is 0 Å². The monoisotopic (exact) mass is 160 g/mol. The first-order chi connectivity index (χ1) is 5.04. The Labute approximate surface area is 69.9 Å². The molecule has 0 aromatic rings. The van der Waals surface area contributed by atoms with Crippen molar-refractivity contribution in [3.63, 3.8) is 0 Å². The minimum Gasteiger partial charge on any atom is -0.353 e. The van der Waals surface area contributed by atoms with E-state index >= 15 is 0 Å². The van der Waals surface area contributed by atoms with E-state index in [1.165, 1.54) is 0 Å². The summed E-state index contributed by atoms with van der Waals surface area (Å²) >= 11 is 0. The lowest BCUT2D eigenvalue weighted by atomic mass is 10.2. The summed E-state index contributed by atoms with van der Waals surface area (Å²) in [5.41, 5.74) is 0. The van der Waals surface area contributed by atoms with Crippen molar-refractivity contribution in [1.82, 2.24) is 0 Å². The molecule has 0 heterocycles. The van der Waals surface area contributed by atoms with Crippen LogP contribution in [0, 0.1) is 0 Å². The normalized spacial score (nSPS) is 16.9. The SMILES string of the molecule is CCCC(C)(OC)OC(C)C. The molecule has 0 aromatic heterocycles. The van der Waals surface area contributed by atoms with E-state index in [0.29, 0.717) is 0 Å². The first kappa shape index (κ1) is 10.9. The van der Waals surface area contributed by atoms with Crippen LogP contribution in [-0.2, 0) is 9.47 Å². The first-order valence-corrected chi connectivity index (χ1v) is 4.27. The second kappa shape index (κ2) is 4.73. The molecule has 2 heteroatoms. The zero-order valence-electron chi connectivity index (χ0n) is 8.31. The summed E-state index contributed by atoms with van der Waals surface area (Å²) in [7, 11) is 1.69. The second-order valence-corrected chi connectivity index (χ2v) is 3.25. The number of rotatable bonds is 5. The van der Waals surface area contributed by atoms with Gasteiger partial charge in [0.1, 0.15) is 0 Å². The predicted octanol–water partition coefficient (Wildman–Crippen LogP) is 2.57. The fourth-order valence-electron chi connectivity index (χ4n) is 1.16. The molecule has 0 bridgehead atoms. The lowest BCUT2D eigenvalue weighted by Crippen LogP contribution is -2.33. The van der Waals surface area contributed by atoms with Crippen LogP contribution in [0.2, 0.25) is 0 Å². The Kier molecular flexibility index (Phi) is 4.69.